The van der Waals surface area contributed by atoms with Gasteiger partial charge in [-0.1, -0.05) is 0 Å². The van der Waals surface area contributed by atoms with E-state index in [9.17, 15) is 4.79 Å². The number of amides is 1. The van der Waals surface area contributed by atoms with Gasteiger partial charge in [-0.3, -0.25) is 9.78 Å². The summed E-state index contributed by atoms with van der Waals surface area (Å²) >= 11 is 0. The summed E-state index contributed by atoms with van der Waals surface area (Å²) in [7, 11) is 1.87. The summed E-state index contributed by atoms with van der Waals surface area (Å²) in [6.07, 6.45) is 3.81. The number of aromatic nitrogens is 1. The monoisotopic (exact) mass is 235 g/mol. The van der Waals surface area contributed by atoms with E-state index in [4.69, 9.17) is 4.74 Å². The minimum atomic E-state index is -0.0631. The van der Waals surface area contributed by atoms with Crippen molar-refractivity contribution in [1.29, 1.82) is 0 Å². The lowest BCUT2D eigenvalue weighted by Crippen LogP contribution is -2.30. The minimum absolute atomic E-state index is 0.0591. The number of pyridine rings is 1. The molecule has 5 nitrogen and oxygen atoms in total. The van der Waals surface area contributed by atoms with Crippen LogP contribution in [0.5, 0.6) is 5.75 Å². The maximum atomic E-state index is 11.4. The highest BCUT2D eigenvalue weighted by Crippen LogP contribution is 2.18. The third kappa shape index (κ3) is 4.03. The Kier molecular flexibility index (Phi) is 3.93. The molecule has 0 radical (unpaired) electrons. The van der Waals surface area contributed by atoms with Gasteiger partial charge in [0, 0.05) is 12.6 Å². The molecule has 0 aliphatic heterocycles. The number of ether oxygens (including phenoxy) is 1. The number of rotatable bonds is 6. The van der Waals surface area contributed by atoms with Crippen LogP contribution in [-0.4, -0.2) is 30.6 Å². The number of hydrogen-bond donors (Lipinski definition) is 2. The highest BCUT2D eigenvalue weighted by molar-refractivity contribution is 5.78. The van der Waals surface area contributed by atoms with Crippen LogP contribution in [0, 0.1) is 0 Å². The Hall–Kier alpha value is -1.62. The number of carbonyl (C=O) groups excluding carboxylic acids is 1. The first-order valence-electron chi connectivity index (χ1n) is 5.79. The van der Waals surface area contributed by atoms with E-state index in [2.05, 4.69) is 15.6 Å². The molecule has 0 saturated heterocycles. The molecule has 2 N–H and O–H groups in total. The van der Waals surface area contributed by atoms with Gasteiger partial charge in [0.15, 0.2) is 6.61 Å². The van der Waals surface area contributed by atoms with Crippen molar-refractivity contribution in [2.24, 2.45) is 0 Å². The molecule has 17 heavy (non-hydrogen) atoms. The zero-order chi connectivity index (χ0) is 12.1. The van der Waals surface area contributed by atoms with Crippen LogP contribution in [0.25, 0.3) is 0 Å². The molecular weight excluding hydrogens is 218 g/mol. The molecule has 1 heterocycles. The van der Waals surface area contributed by atoms with Crippen LogP contribution in [0.4, 0.5) is 0 Å². The molecular formula is C12H17N3O2. The van der Waals surface area contributed by atoms with Gasteiger partial charge in [0.25, 0.3) is 5.91 Å². The molecule has 2 rings (SSSR count). The van der Waals surface area contributed by atoms with Gasteiger partial charge in [0.1, 0.15) is 5.75 Å². The zero-order valence-corrected chi connectivity index (χ0v) is 9.90. The van der Waals surface area contributed by atoms with Gasteiger partial charge in [-0.15, -0.1) is 0 Å². The fourth-order valence-corrected chi connectivity index (χ4v) is 1.43. The van der Waals surface area contributed by atoms with Crippen molar-refractivity contribution in [3.8, 4) is 5.75 Å². The van der Waals surface area contributed by atoms with Gasteiger partial charge in [0.2, 0.25) is 0 Å². The zero-order valence-electron chi connectivity index (χ0n) is 9.90. The van der Waals surface area contributed by atoms with Gasteiger partial charge in [0.05, 0.1) is 11.9 Å². The fourth-order valence-electron chi connectivity index (χ4n) is 1.43. The van der Waals surface area contributed by atoms with Crippen LogP contribution in [-0.2, 0) is 11.3 Å². The Labute approximate surface area is 101 Å². The van der Waals surface area contributed by atoms with E-state index >= 15 is 0 Å². The first-order valence-corrected chi connectivity index (χ1v) is 5.79. The van der Waals surface area contributed by atoms with Crippen molar-refractivity contribution in [3.63, 3.8) is 0 Å². The Bertz CT molecular complexity index is 374. The minimum Gasteiger partial charge on any atom is -0.482 e. The molecule has 0 spiro atoms. The summed E-state index contributed by atoms with van der Waals surface area (Å²) in [4.78, 5) is 15.6. The van der Waals surface area contributed by atoms with E-state index in [1.54, 1.807) is 6.20 Å². The normalized spacial score (nSPS) is 14.4. The lowest BCUT2D eigenvalue weighted by molar-refractivity contribution is -0.123. The summed E-state index contributed by atoms with van der Waals surface area (Å²) in [5, 5.41) is 5.88. The lowest BCUT2D eigenvalue weighted by atomic mass is 10.3. The van der Waals surface area contributed by atoms with Crippen LogP contribution < -0.4 is 15.4 Å². The van der Waals surface area contributed by atoms with Crippen LogP contribution in [0.2, 0.25) is 0 Å². The highest BCUT2D eigenvalue weighted by atomic mass is 16.5. The van der Waals surface area contributed by atoms with E-state index in [1.165, 1.54) is 0 Å². The first-order chi connectivity index (χ1) is 8.28. The van der Waals surface area contributed by atoms with E-state index in [0.717, 1.165) is 25.1 Å². The maximum absolute atomic E-state index is 11.4. The number of nitrogens with one attached hydrogen (secondary N) is 2. The maximum Gasteiger partial charge on any atom is 0.258 e. The van der Waals surface area contributed by atoms with Gasteiger partial charge >= 0.3 is 0 Å². The molecule has 1 aliphatic rings. The lowest BCUT2D eigenvalue weighted by Gasteiger charge is -2.06. The van der Waals surface area contributed by atoms with E-state index in [1.807, 2.05) is 19.2 Å². The highest BCUT2D eigenvalue weighted by Gasteiger charge is 2.23. The summed E-state index contributed by atoms with van der Waals surface area (Å²) in [6.45, 7) is 0.784. The molecule has 1 aliphatic carbocycles. The third-order valence-corrected chi connectivity index (χ3v) is 2.47. The van der Waals surface area contributed by atoms with Crippen LogP contribution in [0.15, 0.2) is 18.3 Å². The second kappa shape index (κ2) is 5.63. The SMILES string of the molecule is CNCc1ccc(OCC(=O)NC2CC2)cn1. The molecule has 1 amide bonds. The average molecular weight is 235 g/mol. The molecule has 0 unspecified atom stereocenters. The van der Waals surface area contributed by atoms with Gasteiger partial charge < -0.3 is 15.4 Å². The predicted octanol–water partition coefficient (Wildman–Crippen LogP) is 0.458. The number of hydrogen-bond acceptors (Lipinski definition) is 4. The third-order valence-electron chi connectivity index (χ3n) is 2.47. The van der Waals surface area contributed by atoms with Crippen molar-refractivity contribution in [3.05, 3.63) is 24.0 Å². The van der Waals surface area contributed by atoms with Crippen molar-refractivity contribution in [2.45, 2.75) is 25.4 Å². The quantitative estimate of drug-likeness (QED) is 0.752. The summed E-state index contributed by atoms with van der Waals surface area (Å²) in [5.74, 6) is 0.558. The number of nitrogens with zero attached hydrogens (tertiary/aromatic N) is 1. The topological polar surface area (TPSA) is 63.2 Å². The molecule has 1 saturated carbocycles. The second-order valence-corrected chi connectivity index (χ2v) is 4.15. The van der Waals surface area contributed by atoms with E-state index in [0.29, 0.717) is 11.8 Å². The van der Waals surface area contributed by atoms with E-state index < -0.39 is 0 Å². The molecule has 1 aromatic heterocycles. The molecule has 1 fully saturated rings. The summed E-state index contributed by atoms with van der Waals surface area (Å²) < 4.78 is 5.33. The molecule has 0 aromatic carbocycles. The fraction of sp³-hybridized carbons (Fsp3) is 0.500. The molecule has 92 valence electrons. The van der Waals surface area contributed by atoms with E-state index in [-0.39, 0.29) is 12.5 Å². The Morgan fingerprint density at radius 1 is 1.53 bits per heavy atom. The predicted molar refractivity (Wildman–Crippen MR) is 63.7 cm³/mol. The van der Waals surface area contributed by atoms with Crippen molar-refractivity contribution >= 4 is 5.91 Å². The largest absolute Gasteiger partial charge is 0.482 e. The molecule has 5 heteroatoms. The standard InChI is InChI=1S/C12H17N3O2/c1-13-6-10-4-5-11(7-14-10)17-8-12(16)15-9-2-3-9/h4-5,7,9,13H,2-3,6,8H2,1H3,(H,15,16). The van der Waals surface area contributed by atoms with Gasteiger partial charge in [-0.25, -0.2) is 0 Å². The molecule has 0 bridgehead atoms. The van der Waals surface area contributed by atoms with Crippen LogP contribution >= 0.6 is 0 Å². The summed E-state index contributed by atoms with van der Waals surface area (Å²) in [5.41, 5.74) is 0.947. The van der Waals surface area contributed by atoms with Crippen molar-refractivity contribution in [1.82, 2.24) is 15.6 Å². The van der Waals surface area contributed by atoms with Crippen molar-refractivity contribution < 1.29 is 9.53 Å². The Morgan fingerprint density at radius 3 is 2.94 bits per heavy atom. The molecule has 1 aromatic rings. The van der Waals surface area contributed by atoms with Gasteiger partial charge in [-0.05, 0) is 32.0 Å². The summed E-state index contributed by atoms with van der Waals surface area (Å²) in [6, 6.07) is 4.08. The van der Waals surface area contributed by atoms with Crippen molar-refractivity contribution in [2.75, 3.05) is 13.7 Å². The first kappa shape index (κ1) is 11.9. The van der Waals surface area contributed by atoms with Crippen LogP contribution in [0.3, 0.4) is 0 Å². The molecule has 0 atom stereocenters. The second-order valence-electron chi connectivity index (χ2n) is 4.15. The Morgan fingerprint density at radius 2 is 2.35 bits per heavy atom. The smallest absolute Gasteiger partial charge is 0.258 e. The average Bonchev–Trinajstić information content (AvgIpc) is 3.12. The Balaban J connectivity index is 1.75. The van der Waals surface area contributed by atoms with Gasteiger partial charge in [-0.2, -0.15) is 0 Å². The van der Waals surface area contributed by atoms with Crippen LogP contribution in [0.1, 0.15) is 18.5 Å². The number of carbonyl (C=O) groups is 1.